The average Bonchev–Trinajstić information content (AvgIpc) is 3.00. The van der Waals surface area contributed by atoms with Crippen LogP contribution in [-0.4, -0.2) is 51.5 Å². The Morgan fingerprint density at radius 1 is 1.45 bits per heavy atom. The zero-order valence-corrected chi connectivity index (χ0v) is 11.7. The second kappa shape index (κ2) is 6.26. The van der Waals surface area contributed by atoms with E-state index in [-0.39, 0.29) is 12.0 Å². The molecule has 0 bridgehead atoms. The molecule has 2 heterocycles. The van der Waals surface area contributed by atoms with Gasteiger partial charge in [-0.3, -0.25) is 5.43 Å². The summed E-state index contributed by atoms with van der Waals surface area (Å²) in [6, 6.07) is 1.90. The fraction of sp³-hybridized carbons (Fsp3) is 0.455. The molecule has 0 fully saturated rings. The number of methoxy groups -OCH3 is 1. The molecule has 2 rings (SSSR count). The van der Waals surface area contributed by atoms with Gasteiger partial charge in [-0.05, 0) is 13.0 Å². The molecule has 0 aliphatic heterocycles. The van der Waals surface area contributed by atoms with Gasteiger partial charge in [-0.15, -0.1) is 0 Å². The first kappa shape index (κ1) is 14.2. The Kier molecular flexibility index (Phi) is 4.43. The van der Waals surface area contributed by atoms with Crippen molar-refractivity contribution in [3.8, 4) is 5.95 Å². The van der Waals surface area contributed by atoms with Gasteiger partial charge in [0, 0.05) is 26.6 Å². The van der Waals surface area contributed by atoms with Gasteiger partial charge in [0.05, 0.1) is 12.6 Å². The van der Waals surface area contributed by atoms with Crippen molar-refractivity contribution in [2.45, 2.75) is 13.0 Å². The van der Waals surface area contributed by atoms with Crippen LogP contribution in [0.4, 0.5) is 11.9 Å². The Labute approximate surface area is 116 Å². The van der Waals surface area contributed by atoms with Crippen LogP contribution in [-0.2, 0) is 4.74 Å². The molecule has 0 aromatic carbocycles. The topological polar surface area (TPSA) is 107 Å². The third-order valence-corrected chi connectivity index (χ3v) is 2.83. The fourth-order valence-electron chi connectivity index (χ4n) is 1.62. The minimum absolute atomic E-state index is 0.110. The van der Waals surface area contributed by atoms with Crippen LogP contribution in [0.25, 0.3) is 5.95 Å². The summed E-state index contributed by atoms with van der Waals surface area (Å²) in [5.74, 6) is 6.56. The number of hydrogen-bond acceptors (Lipinski definition) is 8. The maximum Gasteiger partial charge on any atom is 0.257 e. The molecular weight excluding hydrogens is 260 g/mol. The lowest BCUT2D eigenvalue weighted by Crippen LogP contribution is -2.34. The highest BCUT2D eigenvalue weighted by Crippen LogP contribution is 2.13. The van der Waals surface area contributed by atoms with E-state index in [0.717, 1.165) is 0 Å². The molecule has 20 heavy (non-hydrogen) atoms. The fourth-order valence-corrected chi connectivity index (χ4v) is 1.62. The van der Waals surface area contributed by atoms with Crippen LogP contribution >= 0.6 is 0 Å². The van der Waals surface area contributed by atoms with E-state index < -0.39 is 0 Å². The summed E-state index contributed by atoms with van der Waals surface area (Å²) in [7, 11) is 3.53. The summed E-state index contributed by atoms with van der Waals surface area (Å²) in [4.78, 5) is 14.7. The van der Waals surface area contributed by atoms with Crippen molar-refractivity contribution in [1.82, 2.24) is 24.7 Å². The highest BCUT2D eigenvalue weighted by atomic mass is 16.5. The van der Waals surface area contributed by atoms with Crippen LogP contribution in [0.2, 0.25) is 0 Å². The number of aromatic nitrogens is 5. The van der Waals surface area contributed by atoms with Gasteiger partial charge in [0.15, 0.2) is 0 Å². The van der Waals surface area contributed by atoms with Gasteiger partial charge in [-0.25, -0.2) is 10.5 Å². The lowest BCUT2D eigenvalue weighted by Gasteiger charge is -2.24. The molecule has 9 nitrogen and oxygen atoms in total. The van der Waals surface area contributed by atoms with Crippen molar-refractivity contribution in [3.05, 3.63) is 18.5 Å². The van der Waals surface area contributed by atoms with Crippen molar-refractivity contribution in [2.24, 2.45) is 5.84 Å². The molecule has 0 aliphatic rings. The molecule has 0 saturated heterocycles. The van der Waals surface area contributed by atoms with Crippen LogP contribution in [0.5, 0.6) is 0 Å². The zero-order valence-electron chi connectivity index (χ0n) is 11.7. The molecular formula is C11H18N8O. The number of ether oxygens (including phenoxy) is 1. The Bertz CT molecular complexity index is 543. The number of nitrogens with two attached hydrogens (primary N) is 1. The number of hydrazine groups is 1. The van der Waals surface area contributed by atoms with E-state index >= 15 is 0 Å². The molecule has 0 amide bonds. The molecule has 1 unspecified atom stereocenters. The number of rotatable bonds is 6. The maximum atomic E-state index is 5.40. The predicted molar refractivity (Wildman–Crippen MR) is 74.5 cm³/mol. The van der Waals surface area contributed by atoms with Gasteiger partial charge in [0.2, 0.25) is 11.9 Å². The Hall–Kier alpha value is -2.26. The average molecular weight is 278 g/mol. The van der Waals surface area contributed by atoms with Crippen molar-refractivity contribution < 1.29 is 4.74 Å². The first-order valence-corrected chi connectivity index (χ1v) is 6.10. The van der Waals surface area contributed by atoms with E-state index in [2.05, 4.69) is 25.5 Å². The summed E-state index contributed by atoms with van der Waals surface area (Å²) in [6.07, 6.45) is 3.40. The number of nitrogens with one attached hydrogen (secondary N) is 1. The summed E-state index contributed by atoms with van der Waals surface area (Å²) in [5, 5.41) is 4.10. The largest absolute Gasteiger partial charge is 0.383 e. The minimum Gasteiger partial charge on any atom is -0.383 e. The molecule has 0 radical (unpaired) electrons. The minimum atomic E-state index is 0.110. The highest BCUT2D eigenvalue weighted by molar-refractivity contribution is 5.39. The predicted octanol–water partition coefficient (Wildman–Crippen LogP) is -0.186. The van der Waals surface area contributed by atoms with Crippen LogP contribution in [0.15, 0.2) is 18.5 Å². The van der Waals surface area contributed by atoms with Gasteiger partial charge < -0.3 is 9.64 Å². The molecule has 0 aliphatic carbocycles. The Morgan fingerprint density at radius 3 is 2.85 bits per heavy atom. The van der Waals surface area contributed by atoms with Crippen LogP contribution in [0, 0.1) is 0 Å². The Morgan fingerprint density at radius 2 is 2.25 bits per heavy atom. The summed E-state index contributed by atoms with van der Waals surface area (Å²) >= 11 is 0. The quantitative estimate of drug-likeness (QED) is 0.553. The summed E-state index contributed by atoms with van der Waals surface area (Å²) in [5.41, 5.74) is 2.43. The molecule has 2 aromatic heterocycles. The smallest absolute Gasteiger partial charge is 0.257 e. The Balaban J connectivity index is 2.35. The molecule has 1 atom stereocenters. The second-order valence-electron chi connectivity index (χ2n) is 4.27. The molecule has 9 heteroatoms. The third kappa shape index (κ3) is 3.00. The van der Waals surface area contributed by atoms with E-state index in [1.807, 2.05) is 18.9 Å². The number of nitrogens with zero attached hydrogens (tertiary/aromatic N) is 6. The van der Waals surface area contributed by atoms with Crippen LogP contribution < -0.4 is 16.2 Å². The van der Waals surface area contributed by atoms with Gasteiger partial charge in [0.25, 0.3) is 5.95 Å². The molecule has 108 valence electrons. The van der Waals surface area contributed by atoms with E-state index in [1.54, 1.807) is 30.3 Å². The second-order valence-corrected chi connectivity index (χ2v) is 4.27. The zero-order chi connectivity index (χ0) is 14.5. The van der Waals surface area contributed by atoms with E-state index in [4.69, 9.17) is 10.6 Å². The molecule has 3 N–H and O–H groups in total. The lowest BCUT2D eigenvalue weighted by atomic mass is 10.3. The normalized spacial score (nSPS) is 12.2. The first-order chi connectivity index (χ1) is 9.65. The van der Waals surface area contributed by atoms with Gasteiger partial charge in [-0.2, -0.15) is 20.1 Å². The van der Waals surface area contributed by atoms with E-state index in [1.165, 1.54) is 0 Å². The summed E-state index contributed by atoms with van der Waals surface area (Å²) < 4.78 is 6.68. The SMILES string of the molecule is COCC(C)N(C)c1nc(NN)nc(-n2cccn2)n1. The van der Waals surface area contributed by atoms with Crippen molar-refractivity contribution in [2.75, 3.05) is 31.1 Å². The van der Waals surface area contributed by atoms with Crippen molar-refractivity contribution >= 4 is 11.9 Å². The van der Waals surface area contributed by atoms with Crippen LogP contribution in [0.1, 0.15) is 6.92 Å². The highest BCUT2D eigenvalue weighted by Gasteiger charge is 2.16. The van der Waals surface area contributed by atoms with Gasteiger partial charge in [-0.1, -0.05) is 0 Å². The monoisotopic (exact) mass is 278 g/mol. The lowest BCUT2D eigenvalue weighted by molar-refractivity contribution is 0.183. The molecule has 0 saturated carbocycles. The van der Waals surface area contributed by atoms with Gasteiger partial charge >= 0.3 is 0 Å². The number of likely N-dealkylation sites (N-methyl/N-ethyl adjacent to an activating group) is 1. The van der Waals surface area contributed by atoms with Crippen molar-refractivity contribution in [3.63, 3.8) is 0 Å². The molecule has 2 aromatic rings. The maximum absolute atomic E-state index is 5.40. The first-order valence-electron chi connectivity index (χ1n) is 6.10. The van der Waals surface area contributed by atoms with E-state index in [9.17, 15) is 0 Å². The van der Waals surface area contributed by atoms with Gasteiger partial charge in [0.1, 0.15) is 0 Å². The summed E-state index contributed by atoms with van der Waals surface area (Å²) in [6.45, 7) is 2.57. The van der Waals surface area contributed by atoms with E-state index in [0.29, 0.717) is 18.5 Å². The van der Waals surface area contributed by atoms with Crippen LogP contribution in [0.3, 0.4) is 0 Å². The molecule has 0 spiro atoms. The third-order valence-electron chi connectivity index (χ3n) is 2.83. The standard InChI is InChI=1S/C11H18N8O/c1-8(7-20-3)18(2)10-14-9(17-12)15-11(16-10)19-6-4-5-13-19/h4-6,8H,7,12H2,1-3H3,(H,14,15,16,17). The number of nitrogen functional groups attached to an aromatic ring is 1. The number of hydrogen-bond donors (Lipinski definition) is 2. The van der Waals surface area contributed by atoms with Crippen molar-refractivity contribution in [1.29, 1.82) is 0 Å². The number of anilines is 2.